The number of rotatable bonds is 3. The van der Waals surface area contributed by atoms with Crippen molar-refractivity contribution >= 4 is 27.3 Å². The minimum Gasteiger partial charge on any atom is -0.347 e. The molecule has 1 aliphatic rings. The summed E-state index contributed by atoms with van der Waals surface area (Å²) in [5.41, 5.74) is 1.76. The fourth-order valence-electron chi connectivity index (χ4n) is 2.38. The van der Waals surface area contributed by atoms with E-state index in [-0.39, 0.29) is 23.5 Å². The fraction of sp³-hybridized carbons (Fsp3) is 0.286. The van der Waals surface area contributed by atoms with Crippen molar-refractivity contribution in [3.63, 3.8) is 0 Å². The van der Waals surface area contributed by atoms with Gasteiger partial charge in [0.05, 0.1) is 17.2 Å². The molecule has 116 valence electrons. The molecule has 1 aromatic heterocycles. The van der Waals surface area contributed by atoms with Crippen molar-refractivity contribution in [1.82, 2.24) is 15.5 Å². The summed E-state index contributed by atoms with van der Waals surface area (Å²) in [6, 6.07) is 8.40. The molecule has 2 N–H and O–H groups in total. The van der Waals surface area contributed by atoms with E-state index in [1.807, 2.05) is 12.1 Å². The molecule has 0 saturated carbocycles. The Morgan fingerprint density at radius 3 is 2.68 bits per heavy atom. The second kappa shape index (κ2) is 5.73. The van der Waals surface area contributed by atoms with Gasteiger partial charge in [-0.1, -0.05) is 23.7 Å². The number of hydrogen-bond acceptors (Lipinski definition) is 4. The first-order valence-corrected chi connectivity index (χ1v) is 8.95. The average Bonchev–Trinajstić information content (AvgIpc) is 3.06. The molecule has 2 heterocycles. The Balaban J connectivity index is 1.71. The SMILES string of the molecule is O=C(N[C@H]1CCS(=O)(=O)C1)c1cc(-c2ccc(Cl)cc2)n[nH]1. The van der Waals surface area contributed by atoms with Crippen LogP contribution in [-0.2, 0) is 9.84 Å². The van der Waals surface area contributed by atoms with Crippen LogP contribution in [0.15, 0.2) is 30.3 Å². The van der Waals surface area contributed by atoms with Crippen LogP contribution < -0.4 is 5.32 Å². The summed E-state index contributed by atoms with van der Waals surface area (Å²) in [5.74, 6) is -0.233. The zero-order chi connectivity index (χ0) is 15.7. The van der Waals surface area contributed by atoms with Crippen molar-refractivity contribution in [2.45, 2.75) is 12.5 Å². The number of amides is 1. The Bertz CT molecular complexity index is 799. The molecule has 1 atom stereocenters. The van der Waals surface area contributed by atoms with Gasteiger partial charge in [0.25, 0.3) is 5.91 Å². The van der Waals surface area contributed by atoms with Crippen LogP contribution in [0.3, 0.4) is 0 Å². The van der Waals surface area contributed by atoms with Crippen molar-refractivity contribution in [3.05, 3.63) is 41.0 Å². The Labute approximate surface area is 132 Å². The number of aromatic nitrogens is 2. The molecular formula is C14H14ClN3O3S. The number of halogens is 1. The lowest BCUT2D eigenvalue weighted by molar-refractivity contribution is 0.0936. The van der Waals surface area contributed by atoms with Gasteiger partial charge < -0.3 is 5.32 Å². The van der Waals surface area contributed by atoms with Crippen LogP contribution in [0.2, 0.25) is 5.02 Å². The van der Waals surface area contributed by atoms with E-state index in [0.717, 1.165) is 5.56 Å². The van der Waals surface area contributed by atoms with Crippen LogP contribution in [-0.4, -0.2) is 42.1 Å². The van der Waals surface area contributed by atoms with E-state index < -0.39 is 9.84 Å². The lowest BCUT2D eigenvalue weighted by Gasteiger charge is -2.08. The summed E-state index contributed by atoms with van der Waals surface area (Å²) in [7, 11) is -3.02. The molecule has 2 aromatic rings. The van der Waals surface area contributed by atoms with Gasteiger partial charge >= 0.3 is 0 Å². The zero-order valence-electron chi connectivity index (χ0n) is 11.5. The third kappa shape index (κ3) is 3.31. The average molecular weight is 340 g/mol. The monoisotopic (exact) mass is 339 g/mol. The van der Waals surface area contributed by atoms with Crippen molar-refractivity contribution in [2.75, 3.05) is 11.5 Å². The lowest BCUT2D eigenvalue weighted by atomic mass is 10.1. The minimum absolute atomic E-state index is 0.00306. The largest absolute Gasteiger partial charge is 0.347 e. The molecule has 6 nitrogen and oxygen atoms in total. The number of hydrogen-bond donors (Lipinski definition) is 2. The predicted molar refractivity (Wildman–Crippen MR) is 83.6 cm³/mol. The number of aromatic amines is 1. The predicted octanol–water partition coefficient (Wildman–Crippen LogP) is 1.65. The maximum atomic E-state index is 12.1. The number of nitrogens with zero attached hydrogens (tertiary/aromatic N) is 1. The van der Waals surface area contributed by atoms with Crippen molar-refractivity contribution in [3.8, 4) is 11.3 Å². The highest BCUT2D eigenvalue weighted by molar-refractivity contribution is 7.91. The van der Waals surface area contributed by atoms with Gasteiger partial charge in [-0.15, -0.1) is 0 Å². The van der Waals surface area contributed by atoms with E-state index in [0.29, 0.717) is 22.8 Å². The molecule has 0 radical (unpaired) electrons. The maximum absolute atomic E-state index is 12.1. The summed E-state index contributed by atoms with van der Waals surface area (Å²) in [5, 5.41) is 10.1. The summed E-state index contributed by atoms with van der Waals surface area (Å²) >= 11 is 5.83. The first-order chi connectivity index (χ1) is 10.4. The highest BCUT2D eigenvalue weighted by atomic mass is 35.5. The lowest BCUT2D eigenvalue weighted by Crippen LogP contribution is -2.35. The Kier molecular flexibility index (Phi) is 3.92. The van der Waals surface area contributed by atoms with Gasteiger partial charge in [0.1, 0.15) is 5.69 Å². The summed E-state index contributed by atoms with van der Waals surface area (Å²) in [6.07, 6.45) is 0.451. The molecule has 1 saturated heterocycles. The summed E-state index contributed by atoms with van der Waals surface area (Å²) in [6.45, 7) is 0. The first-order valence-electron chi connectivity index (χ1n) is 6.75. The van der Waals surface area contributed by atoms with Crippen LogP contribution in [0.4, 0.5) is 0 Å². The molecule has 0 unspecified atom stereocenters. The van der Waals surface area contributed by atoms with Gasteiger partial charge in [-0.2, -0.15) is 5.10 Å². The minimum atomic E-state index is -3.02. The molecule has 1 aromatic carbocycles. The smallest absolute Gasteiger partial charge is 0.269 e. The van der Waals surface area contributed by atoms with Crippen LogP contribution in [0.5, 0.6) is 0 Å². The van der Waals surface area contributed by atoms with Crippen molar-refractivity contribution < 1.29 is 13.2 Å². The Morgan fingerprint density at radius 2 is 2.05 bits per heavy atom. The maximum Gasteiger partial charge on any atom is 0.269 e. The zero-order valence-corrected chi connectivity index (χ0v) is 13.1. The topological polar surface area (TPSA) is 91.9 Å². The Hall–Kier alpha value is -1.86. The number of nitrogens with one attached hydrogen (secondary N) is 2. The van der Waals surface area contributed by atoms with Gasteiger partial charge in [-0.05, 0) is 24.6 Å². The van der Waals surface area contributed by atoms with Gasteiger partial charge in [0.2, 0.25) is 0 Å². The number of carbonyl (C=O) groups excluding carboxylic acids is 1. The highest BCUT2D eigenvalue weighted by Crippen LogP contribution is 2.20. The highest BCUT2D eigenvalue weighted by Gasteiger charge is 2.29. The van der Waals surface area contributed by atoms with E-state index in [9.17, 15) is 13.2 Å². The third-order valence-electron chi connectivity index (χ3n) is 3.53. The molecule has 1 fully saturated rings. The number of H-pyrrole nitrogens is 1. The molecule has 0 spiro atoms. The van der Waals surface area contributed by atoms with Crippen LogP contribution >= 0.6 is 11.6 Å². The van der Waals surface area contributed by atoms with Crippen molar-refractivity contribution in [1.29, 1.82) is 0 Å². The molecule has 22 heavy (non-hydrogen) atoms. The fourth-order valence-corrected chi connectivity index (χ4v) is 4.18. The number of carbonyl (C=O) groups is 1. The van der Waals surface area contributed by atoms with Crippen LogP contribution in [0.25, 0.3) is 11.3 Å². The molecular weight excluding hydrogens is 326 g/mol. The first kappa shape index (κ1) is 15.1. The van der Waals surface area contributed by atoms with E-state index >= 15 is 0 Å². The number of sulfone groups is 1. The molecule has 1 aliphatic heterocycles. The van der Waals surface area contributed by atoms with E-state index in [1.54, 1.807) is 18.2 Å². The molecule has 8 heteroatoms. The quantitative estimate of drug-likeness (QED) is 0.889. The van der Waals surface area contributed by atoms with Gasteiger partial charge in [-0.3, -0.25) is 9.89 Å². The summed E-state index contributed by atoms with van der Waals surface area (Å²) in [4.78, 5) is 12.1. The van der Waals surface area contributed by atoms with E-state index in [1.165, 1.54) is 0 Å². The normalized spacial score (nSPS) is 20.0. The van der Waals surface area contributed by atoms with Gasteiger partial charge in [-0.25, -0.2) is 8.42 Å². The van der Waals surface area contributed by atoms with E-state index in [2.05, 4.69) is 15.5 Å². The standard InChI is InChI=1S/C14H14ClN3O3S/c15-10-3-1-9(2-4-10)12-7-13(18-17-12)14(19)16-11-5-6-22(20,21)8-11/h1-4,7,11H,5-6,8H2,(H,16,19)(H,17,18)/t11-/m0/s1. The Morgan fingerprint density at radius 1 is 1.32 bits per heavy atom. The van der Waals surface area contributed by atoms with Crippen LogP contribution in [0, 0.1) is 0 Å². The third-order valence-corrected chi connectivity index (χ3v) is 5.55. The second-order valence-corrected chi connectivity index (χ2v) is 7.91. The van der Waals surface area contributed by atoms with Gasteiger partial charge in [0, 0.05) is 16.6 Å². The molecule has 1 amide bonds. The van der Waals surface area contributed by atoms with Crippen LogP contribution in [0.1, 0.15) is 16.9 Å². The second-order valence-electron chi connectivity index (χ2n) is 5.25. The molecule has 3 rings (SSSR count). The summed E-state index contributed by atoms with van der Waals surface area (Å²) < 4.78 is 22.8. The number of benzene rings is 1. The van der Waals surface area contributed by atoms with Crippen molar-refractivity contribution in [2.24, 2.45) is 0 Å². The molecule has 0 bridgehead atoms. The molecule has 0 aliphatic carbocycles. The van der Waals surface area contributed by atoms with Gasteiger partial charge in [0.15, 0.2) is 9.84 Å². The van der Waals surface area contributed by atoms with E-state index in [4.69, 9.17) is 11.6 Å².